The minimum Gasteiger partial charge on any atom is -0.505 e. The lowest BCUT2D eigenvalue weighted by Crippen LogP contribution is -2.31. The number of hydrogen-bond donors (Lipinski definition) is 2. The average Bonchev–Trinajstić information content (AvgIpc) is 3.40. The normalized spacial score (nSPS) is 15.1. The molecule has 2 N–H and O–H groups in total. The summed E-state index contributed by atoms with van der Waals surface area (Å²) in [6.45, 7) is 0. The quantitative estimate of drug-likeness (QED) is 0.472. The number of fused-ring (bicyclic) bond motifs is 2. The van der Waals surface area contributed by atoms with Crippen LogP contribution in [0, 0.1) is 0 Å². The van der Waals surface area contributed by atoms with Crippen molar-refractivity contribution >= 4 is 49.3 Å². The Labute approximate surface area is 173 Å². The van der Waals surface area contributed by atoms with Crippen LogP contribution in [0.1, 0.15) is 11.1 Å². The molecule has 5 rings (SSSR count). The van der Waals surface area contributed by atoms with Crippen LogP contribution in [0.15, 0.2) is 77.9 Å². The predicted molar refractivity (Wildman–Crippen MR) is 113 cm³/mol. The molecule has 9 nitrogen and oxygen atoms in total. The third kappa shape index (κ3) is 2.83. The van der Waals surface area contributed by atoms with Crippen molar-refractivity contribution in [1.82, 2.24) is 4.68 Å². The van der Waals surface area contributed by atoms with Gasteiger partial charge >= 0.3 is 0 Å². The van der Waals surface area contributed by atoms with E-state index in [9.17, 15) is 18.3 Å². The Kier molecular flexibility index (Phi) is 4.08. The lowest BCUT2D eigenvalue weighted by molar-refractivity contribution is 0.479. The van der Waals surface area contributed by atoms with E-state index in [-0.39, 0.29) is 27.7 Å². The Morgan fingerprint density at radius 2 is 2.07 bits per heavy atom. The molecule has 0 spiro atoms. The summed E-state index contributed by atoms with van der Waals surface area (Å²) in [6.07, 6.45) is 4.34. The maximum absolute atomic E-state index is 13.2. The number of amidine groups is 1. The highest BCUT2D eigenvalue weighted by molar-refractivity contribution is 7.90. The number of pyridine rings is 1. The molecule has 0 saturated heterocycles. The molecular formula is C19H12N4O5S2. The van der Waals surface area contributed by atoms with Crippen LogP contribution in [0.4, 0.5) is 5.69 Å². The van der Waals surface area contributed by atoms with Gasteiger partial charge in [0.25, 0.3) is 15.6 Å². The minimum atomic E-state index is -4.05. The zero-order valence-electron chi connectivity index (χ0n) is 15.0. The van der Waals surface area contributed by atoms with Crippen LogP contribution in [0.3, 0.4) is 0 Å². The van der Waals surface area contributed by atoms with E-state index in [2.05, 4.69) is 14.8 Å². The van der Waals surface area contributed by atoms with Gasteiger partial charge in [0.05, 0.1) is 34.6 Å². The number of thiophene rings is 1. The average molecular weight is 440 g/mol. The summed E-state index contributed by atoms with van der Waals surface area (Å²) in [5.74, 6) is -0.626. The number of para-hydroxylation sites is 1. The molecule has 0 saturated carbocycles. The zero-order valence-corrected chi connectivity index (χ0v) is 16.6. The summed E-state index contributed by atoms with van der Waals surface area (Å²) in [7, 11) is -4.05. The molecule has 4 heterocycles. The van der Waals surface area contributed by atoms with E-state index >= 15 is 0 Å². The van der Waals surface area contributed by atoms with Gasteiger partial charge in [-0.05, 0) is 29.6 Å². The van der Waals surface area contributed by atoms with Gasteiger partial charge in [0.2, 0.25) is 0 Å². The van der Waals surface area contributed by atoms with Gasteiger partial charge < -0.3 is 14.8 Å². The maximum atomic E-state index is 13.2. The smallest absolute Gasteiger partial charge is 0.286 e. The van der Waals surface area contributed by atoms with Crippen LogP contribution < -0.4 is 10.9 Å². The number of furan rings is 1. The molecule has 0 aliphatic carbocycles. The van der Waals surface area contributed by atoms with Gasteiger partial charge in [0.15, 0.2) is 11.6 Å². The summed E-state index contributed by atoms with van der Waals surface area (Å²) in [4.78, 5) is 13.2. The summed E-state index contributed by atoms with van der Waals surface area (Å²) in [5.41, 5.74) is 0.266. The van der Waals surface area contributed by atoms with Gasteiger partial charge in [-0.3, -0.25) is 4.79 Å². The van der Waals surface area contributed by atoms with Crippen LogP contribution in [0.2, 0.25) is 0 Å². The topological polar surface area (TPSA) is 126 Å². The molecule has 0 unspecified atom stereocenters. The van der Waals surface area contributed by atoms with Crippen LogP contribution in [0.25, 0.3) is 10.2 Å². The number of hydrogen-bond acceptors (Lipinski definition) is 8. The summed E-state index contributed by atoms with van der Waals surface area (Å²) < 4.78 is 35.4. The molecule has 0 amide bonds. The van der Waals surface area contributed by atoms with E-state index in [0.29, 0.717) is 15.8 Å². The van der Waals surface area contributed by atoms with Crippen molar-refractivity contribution in [1.29, 1.82) is 0 Å². The molecule has 1 aliphatic heterocycles. The number of nitrogens with zero attached hydrogens (tertiary/aromatic N) is 3. The van der Waals surface area contributed by atoms with Gasteiger partial charge in [0, 0.05) is 5.56 Å². The molecule has 30 heavy (non-hydrogen) atoms. The summed E-state index contributed by atoms with van der Waals surface area (Å²) in [5, 5.41) is 19.5. The monoisotopic (exact) mass is 440 g/mol. The molecule has 1 aromatic carbocycles. The molecule has 0 fully saturated rings. The van der Waals surface area contributed by atoms with E-state index < -0.39 is 15.6 Å². The van der Waals surface area contributed by atoms with Gasteiger partial charge in [-0.1, -0.05) is 12.1 Å². The first-order valence-electron chi connectivity index (χ1n) is 8.59. The van der Waals surface area contributed by atoms with Crippen molar-refractivity contribution in [2.24, 2.45) is 9.50 Å². The molecule has 1 aliphatic rings. The Morgan fingerprint density at radius 1 is 1.23 bits per heavy atom. The molecule has 4 aromatic rings. The van der Waals surface area contributed by atoms with Gasteiger partial charge in [-0.2, -0.15) is 18.2 Å². The first-order chi connectivity index (χ1) is 14.5. The van der Waals surface area contributed by atoms with E-state index in [1.54, 1.807) is 35.7 Å². The first-order valence-corrected chi connectivity index (χ1v) is 10.9. The fourth-order valence-electron chi connectivity index (χ4n) is 3.10. The van der Waals surface area contributed by atoms with Crippen molar-refractivity contribution in [3.05, 3.63) is 75.8 Å². The zero-order chi connectivity index (χ0) is 20.9. The van der Waals surface area contributed by atoms with Crippen molar-refractivity contribution in [2.45, 2.75) is 4.90 Å². The lowest BCUT2D eigenvalue weighted by atomic mass is 10.2. The second kappa shape index (κ2) is 6.68. The Bertz CT molecular complexity index is 1510. The molecule has 150 valence electrons. The van der Waals surface area contributed by atoms with E-state index in [4.69, 9.17) is 4.42 Å². The van der Waals surface area contributed by atoms with Crippen LogP contribution >= 0.6 is 11.3 Å². The Hall–Kier alpha value is -3.70. The third-order valence-corrected chi connectivity index (χ3v) is 6.71. The van der Waals surface area contributed by atoms with Crippen LogP contribution in [-0.2, 0) is 10.0 Å². The van der Waals surface area contributed by atoms with E-state index in [1.165, 1.54) is 36.1 Å². The van der Waals surface area contributed by atoms with Gasteiger partial charge in [-0.15, -0.1) is 15.7 Å². The number of rotatable bonds is 3. The molecular weight excluding hydrogens is 428 g/mol. The van der Waals surface area contributed by atoms with Crippen molar-refractivity contribution < 1.29 is 17.9 Å². The maximum Gasteiger partial charge on any atom is 0.286 e. The molecule has 0 atom stereocenters. The van der Waals surface area contributed by atoms with Crippen molar-refractivity contribution in [3.8, 4) is 5.75 Å². The fraction of sp³-hybridized carbons (Fsp3) is 0. The highest BCUT2D eigenvalue weighted by atomic mass is 32.2. The first kappa shape index (κ1) is 18.3. The molecule has 0 radical (unpaired) electrons. The number of aromatic nitrogens is 1. The Balaban J connectivity index is 1.75. The van der Waals surface area contributed by atoms with E-state index in [0.717, 1.165) is 4.68 Å². The van der Waals surface area contributed by atoms with E-state index in [1.807, 2.05) is 0 Å². The highest BCUT2D eigenvalue weighted by Crippen LogP contribution is 2.34. The number of anilines is 1. The lowest BCUT2D eigenvalue weighted by Gasteiger charge is -2.18. The number of nitrogens with one attached hydrogen (secondary N) is 1. The van der Waals surface area contributed by atoms with Crippen molar-refractivity contribution in [3.63, 3.8) is 0 Å². The standard InChI is InChI=1S/C19H12N4O5S2/c24-16-15(18-21-12-3-1-2-4-14(12)30(26,27)22-18)19(25)23(13-6-8-29-17(13)16)20-9-11-5-7-28-10-11/h1-10,24H,(H,21,22). The second-order valence-electron chi connectivity index (χ2n) is 6.31. The Morgan fingerprint density at radius 3 is 2.87 bits per heavy atom. The highest BCUT2D eigenvalue weighted by Gasteiger charge is 2.30. The largest absolute Gasteiger partial charge is 0.505 e. The summed E-state index contributed by atoms with van der Waals surface area (Å²) in [6, 6.07) is 9.49. The second-order valence-corrected chi connectivity index (χ2v) is 8.80. The SMILES string of the molecule is O=c1c(C2=NS(=O)(=O)c3ccccc3N2)c(O)c2sccc2n1N=Cc1ccoc1. The number of benzene rings is 1. The van der Waals surface area contributed by atoms with Crippen LogP contribution in [-0.4, -0.2) is 30.3 Å². The van der Waals surface area contributed by atoms with Gasteiger partial charge in [0.1, 0.15) is 10.5 Å². The van der Waals surface area contributed by atoms with Gasteiger partial charge in [-0.25, -0.2) is 0 Å². The van der Waals surface area contributed by atoms with Crippen LogP contribution in [0.5, 0.6) is 5.75 Å². The predicted octanol–water partition coefficient (Wildman–Crippen LogP) is 2.80. The third-order valence-electron chi connectivity index (χ3n) is 4.46. The summed E-state index contributed by atoms with van der Waals surface area (Å²) >= 11 is 1.19. The molecule has 3 aromatic heterocycles. The molecule has 0 bridgehead atoms. The number of aromatic hydroxyl groups is 1. The minimum absolute atomic E-state index is 0.0104. The number of sulfonamides is 1. The fourth-order valence-corrected chi connectivity index (χ4v) is 5.05. The van der Waals surface area contributed by atoms with Crippen molar-refractivity contribution in [2.75, 3.05) is 5.32 Å². The molecule has 11 heteroatoms.